The maximum absolute atomic E-state index is 13.3. The number of carbonyl (C=O) groups excluding carboxylic acids is 1. The van der Waals surface area contributed by atoms with Crippen LogP contribution in [0.25, 0.3) is 5.82 Å². The van der Waals surface area contributed by atoms with Gasteiger partial charge in [-0.05, 0) is 53.2 Å². The molecule has 8 nitrogen and oxygen atoms in total. The van der Waals surface area contributed by atoms with Crippen LogP contribution in [-0.2, 0) is 6.18 Å². The average Bonchev–Trinajstić information content (AvgIpc) is 3.22. The molecule has 1 aromatic carbocycles. The minimum Gasteiger partial charge on any atom is -0.486 e. The van der Waals surface area contributed by atoms with Crippen molar-refractivity contribution in [1.29, 1.82) is 0 Å². The molecule has 3 aromatic rings. The van der Waals surface area contributed by atoms with Gasteiger partial charge in [0.15, 0.2) is 18.2 Å². The summed E-state index contributed by atoms with van der Waals surface area (Å²) < 4.78 is 112. The lowest BCUT2D eigenvalue weighted by Crippen LogP contribution is -2.29. The van der Waals surface area contributed by atoms with E-state index in [1.165, 1.54) is 19.1 Å². The first-order chi connectivity index (χ1) is 17.6. The fourth-order valence-corrected chi connectivity index (χ4v) is 3.32. The molecule has 0 fully saturated rings. The van der Waals surface area contributed by atoms with Crippen LogP contribution in [-0.4, -0.2) is 51.5 Å². The fraction of sp³-hybridized carbons (Fsp3) is 0.333. The summed E-state index contributed by atoms with van der Waals surface area (Å²) in [5.74, 6) is -1.65. The van der Waals surface area contributed by atoms with E-state index < -0.39 is 60.8 Å². The van der Waals surface area contributed by atoms with Gasteiger partial charge in [0, 0.05) is 5.56 Å². The molecule has 0 saturated heterocycles. The number of carbonyl (C=O) groups is 1. The second-order valence-electron chi connectivity index (χ2n) is 7.55. The summed E-state index contributed by atoms with van der Waals surface area (Å²) in [7, 11) is 0. The van der Waals surface area contributed by atoms with Gasteiger partial charge in [-0.2, -0.15) is 31.0 Å². The number of alkyl halides is 8. The summed E-state index contributed by atoms with van der Waals surface area (Å²) in [5.41, 5.74) is -2.01. The first-order valence-corrected chi connectivity index (χ1v) is 11.1. The number of benzene rings is 1. The lowest BCUT2D eigenvalue weighted by atomic mass is 10.1. The van der Waals surface area contributed by atoms with Crippen molar-refractivity contribution in [3.8, 4) is 17.3 Å². The molecule has 1 unspecified atom stereocenters. The number of aromatic nitrogens is 4. The van der Waals surface area contributed by atoms with Gasteiger partial charge < -0.3 is 14.8 Å². The van der Waals surface area contributed by atoms with Crippen molar-refractivity contribution in [3.05, 3.63) is 58.2 Å². The molecule has 3 rings (SSSR count). The summed E-state index contributed by atoms with van der Waals surface area (Å²) in [6, 6.07) is 3.23. The molecule has 1 atom stereocenters. The predicted molar refractivity (Wildman–Crippen MR) is 117 cm³/mol. The van der Waals surface area contributed by atoms with E-state index in [4.69, 9.17) is 4.74 Å². The normalized spacial score (nSPS) is 12.9. The molecule has 1 amide bonds. The highest BCUT2D eigenvalue weighted by molar-refractivity contribution is 9.10. The number of nitrogens with zero attached hydrogens (tertiary/aromatic N) is 4. The van der Waals surface area contributed by atoms with Gasteiger partial charge in [-0.3, -0.25) is 4.79 Å². The molecule has 2 heterocycles. The van der Waals surface area contributed by atoms with Crippen molar-refractivity contribution in [1.82, 2.24) is 25.1 Å². The highest BCUT2D eigenvalue weighted by atomic mass is 79.9. The summed E-state index contributed by atoms with van der Waals surface area (Å²) >= 11 is 3.06. The molecule has 0 bridgehead atoms. The minimum atomic E-state index is -4.97. The number of pyridine rings is 1. The molecule has 0 aliphatic heterocycles. The van der Waals surface area contributed by atoms with E-state index in [1.54, 1.807) is 0 Å². The van der Waals surface area contributed by atoms with E-state index in [1.807, 2.05) is 0 Å². The zero-order valence-electron chi connectivity index (χ0n) is 18.9. The second kappa shape index (κ2) is 11.5. The Kier molecular flexibility index (Phi) is 8.79. The van der Waals surface area contributed by atoms with Gasteiger partial charge in [0.25, 0.3) is 12.3 Å². The Labute approximate surface area is 217 Å². The van der Waals surface area contributed by atoms with Gasteiger partial charge in [0.05, 0.1) is 17.8 Å². The van der Waals surface area contributed by atoms with Gasteiger partial charge in [-0.25, -0.2) is 18.7 Å². The Hall–Kier alpha value is -3.50. The van der Waals surface area contributed by atoms with E-state index >= 15 is 0 Å². The molecule has 0 spiro atoms. The zero-order chi connectivity index (χ0) is 28.3. The maximum atomic E-state index is 13.3. The summed E-state index contributed by atoms with van der Waals surface area (Å²) in [6.07, 6.45) is -11.3. The highest BCUT2D eigenvalue weighted by Gasteiger charge is 2.34. The van der Waals surface area contributed by atoms with Crippen LogP contribution in [0.3, 0.4) is 0 Å². The molecule has 1 N–H and O–H groups in total. The van der Waals surface area contributed by atoms with E-state index in [0.717, 1.165) is 16.9 Å². The van der Waals surface area contributed by atoms with E-state index in [0.29, 0.717) is 12.1 Å². The molecule has 0 saturated carbocycles. The molecule has 17 heteroatoms. The Morgan fingerprint density at radius 2 is 1.79 bits per heavy atom. The van der Waals surface area contributed by atoms with Crippen LogP contribution in [0, 0.1) is 0 Å². The average molecular weight is 618 g/mol. The predicted octanol–water partition coefficient (Wildman–Crippen LogP) is 5.52. The van der Waals surface area contributed by atoms with Crippen molar-refractivity contribution < 1.29 is 49.4 Å². The maximum Gasteiger partial charge on any atom is 0.422 e. The molecule has 0 aliphatic carbocycles. The van der Waals surface area contributed by atoms with E-state index in [2.05, 4.69) is 41.1 Å². The SMILES string of the molecule is CC(NC(=O)c1cc(OCC(F)(F)F)cc(C(F)(F)F)c1)c1nc(Br)nn1-c1ccc(OCC(F)F)cn1. The minimum absolute atomic E-state index is 0.0456. The molecule has 2 aromatic heterocycles. The van der Waals surface area contributed by atoms with Crippen molar-refractivity contribution in [2.45, 2.75) is 31.7 Å². The first-order valence-electron chi connectivity index (χ1n) is 10.3. The van der Waals surface area contributed by atoms with Crippen LogP contribution in [0.2, 0.25) is 0 Å². The Bertz CT molecular complexity index is 1270. The Morgan fingerprint density at radius 3 is 2.37 bits per heavy atom. The molecular weight excluding hydrogens is 602 g/mol. The van der Waals surface area contributed by atoms with Crippen LogP contribution in [0.15, 0.2) is 41.3 Å². The van der Waals surface area contributed by atoms with Gasteiger partial charge in [-0.1, -0.05) is 0 Å². The van der Waals surface area contributed by atoms with Gasteiger partial charge >= 0.3 is 12.4 Å². The molecule has 0 radical (unpaired) electrons. The van der Waals surface area contributed by atoms with Crippen molar-refractivity contribution in [2.24, 2.45) is 0 Å². The monoisotopic (exact) mass is 617 g/mol. The third-order valence-electron chi connectivity index (χ3n) is 4.55. The molecule has 206 valence electrons. The number of rotatable bonds is 9. The number of amides is 1. The van der Waals surface area contributed by atoms with Crippen LogP contribution in [0.4, 0.5) is 35.1 Å². The van der Waals surface area contributed by atoms with Crippen LogP contribution < -0.4 is 14.8 Å². The summed E-state index contributed by atoms with van der Waals surface area (Å²) in [4.78, 5) is 20.9. The second-order valence-corrected chi connectivity index (χ2v) is 8.26. The fourth-order valence-electron chi connectivity index (χ4n) is 2.98. The van der Waals surface area contributed by atoms with Crippen LogP contribution in [0.5, 0.6) is 11.5 Å². The zero-order valence-corrected chi connectivity index (χ0v) is 20.5. The lowest BCUT2D eigenvalue weighted by Gasteiger charge is -2.17. The smallest absolute Gasteiger partial charge is 0.422 e. The van der Waals surface area contributed by atoms with Crippen molar-refractivity contribution in [3.63, 3.8) is 0 Å². The first kappa shape index (κ1) is 29.1. The quantitative estimate of drug-likeness (QED) is 0.318. The molecular formula is C21H16BrF8N5O3. The number of hydrogen-bond acceptors (Lipinski definition) is 6. The van der Waals surface area contributed by atoms with Gasteiger partial charge in [0.1, 0.15) is 18.1 Å². The summed E-state index contributed by atoms with van der Waals surface area (Å²) in [5, 5.41) is 6.46. The van der Waals surface area contributed by atoms with Crippen LogP contribution >= 0.6 is 15.9 Å². The molecule has 0 aliphatic rings. The van der Waals surface area contributed by atoms with Crippen molar-refractivity contribution >= 4 is 21.8 Å². The van der Waals surface area contributed by atoms with Gasteiger partial charge in [-0.15, -0.1) is 5.10 Å². The Morgan fingerprint density at radius 1 is 1.08 bits per heavy atom. The largest absolute Gasteiger partial charge is 0.486 e. The summed E-state index contributed by atoms with van der Waals surface area (Å²) in [6.45, 7) is -1.29. The number of ether oxygens (including phenoxy) is 2. The van der Waals surface area contributed by atoms with Crippen molar-refractivity contribution in [2.75, 3.05) is 13.2 Å². The number of halogens is 9. The molecule has 38 heavy (non-hydrogen) atoms. The van der Waals surface area contributed by atoms with Gasteiger partial charge in [0.2, 0.25) is 4.73 Å². The highest BCUT2D eigenvalue weighted by Crippen LogP contribution is 2.33. The standard InChI is InChI=1S/C21H16BrF8N5O3/c1-10(17-33-19(22)34-35(17)16-3-2-13(7-31-16)37-8-15(23)24)32-18(36)11-4-12(21(28,29)30)6-14(5-11)38-9-20(25,26)27/h2-7,10,15H,8-9H2,1H3,(H,32,36). The lowest BCUT2D eigenvalue weighted by molar-refractivity contribution is -0.153. The number of hydrogen-bond donors (Lipinski definition) is 1. The number of nitrogens with one attached hydrogen (secondary N) is 1. The topological polar surface area (TPSA) is 91.2 Å². The van der Waals surface area contributed by atoms with Crippen LogP contribution in [0.1, 0.15) is 34.7 Å². The third kappa shape index (κ3) is 8.00. The Balaban J connectivity index is 1.83. The van der Waals surface area contributed by atoms with E-state index in [-0.39, 0.29) is 22.1 Å². The third-order valence-corrected chi connectivity index (χ3v) is 4.89. The van der Waals surface area contributed by atoms with E-state index in [9.17, 15) is 39.9 Å².